The Morgan fingerprint density at radius 2 is 2.08 bits per heavy atom. The van der Waals surface area contributed by atoms with Gasteiger partial charge in [-0.15, -0.1) is 0 Å². The Morgan fingerprint density at radius 3 is 2.92 bits per heavy atom. The molecule has 0 aromatic heterocycles. The second-order valence-electron chi connectivity index (χ2n) is 5.69. The Bertz CT molecular complexity index is 753. The molecule has 5 nitrogen and oxygen atoms in total. The van der Waals surface area contributed by atoms with Gasteiger partial charge in [0.15, 0.2) is 0 Å². The van der Waals surface area contributed by atoms with Crippen molar-refractivity contribution < 1.29 is 18.3 Å². The van der Waals surface area contributed by atoms with E-state index < -0.39 is 12.6 Å². The maximum atomic E-state index is 12.2. The van der Waals surface area contributed by atoms with Gasteiger partial charge in [-0.25, -0.2) is 4.79 Å². The molecule has 7 heteroatoms. The molecule has 1 aliphatic rings. The number of alkyl halides is 2. The molecule has 0 fully saturated rings. The Balaban J connectivity index is 1.59. The topological polar surface area (TPSA) is 62.4 Å². The minimum Gasteiger partial charge on any atom is -0.435 e. The molecule has 2 aromatic rings. The van der Waals surface area contributed by atoms with Crippen LogP contribution in [0, 0.1) is 0 Å². The summed E-state index contributed by atoms with van der Waals surface area (Å²) in [6.07, 6.45) is 2.04. The van der Waals surface area contributed by atoms with Crippen LogP contribution in [0.5, 0.6) is 5.75 Å². The molecule has 25 heavy (non-hydrogen) atoms. The number of anilines is 2. The molecule has 1 aliphatic heterocycles. The van der Waals surface area contributed by atoms with E-state index in [0.717, 1.165) is 30.6 Å². The van der Waals surface area contributed by atoms with Crippen molar-refractivity contribution in [2.45, 2.75) is 26.0 Å². The Labute approximate surface area is 144 Å². The molecule has 0 saturated carbocycles. The lowest BCUT2D eigenvalue weighted by Crippen LogP contribution is -2.29. The number of amides is 2. The number of urea groups is 1. The lowest BCUT2D eigenvalue weighted by Gasteiger charge is -2.21. The highest BCUT2D eigenvalue weighted by Crippen LogP contribution is 2.25. The molecule has 1 heterocycles. The maximum absolute atomic E-state index is 12.2. The highest BCUT2D eigenvalue weighted by Gasteiger charge is 2.13. The third kappa shape index (κ3) is 4.59. The number of hydrogen-bond donors (Lipinski definition) is 3. The molecule has 2 amide bonds. The molecule has 0 radical (unpaired) electrons. The van der Waals surface area contributed by atoms with E-state index in [4.69, 9.17) is 0 Å². The van der Waals surface area contributed by atoms with Crippen LogP contribution < -0.4 is 20.7 Å². The summed E-state index contributed by atoms with van der Waals surface area (Å²) in [6.45, 7) is -1.55. The highest BCUT2D eigenvalue weighted by molar-refractivity contribution is 5.89. The van der Waals surface area contributed by atoms with Crippen LogP contribution in [0.3, 0.4) is 0 Å². The first-order valence-electron chi connectivity index (χ1n) is 8.06. The summed E-state index contributed by atoms with van der Waals surface area (Å²) in [6, 6.07) is 11.5. The van der Waals surface area contributed by atoms with E-state index in [1.165, 1.54) is 23.8 Å². The van der Waals surface area contributed by atoms with E-state index in [2.05, 4.69) is 20.7 Å². The van der Waals surface area contributed by atoms with E-state index in [1.807, 2.05) is 18.2 Å². The number of nitrogens with one attached hydrogen (secondary N) is 3. The summed E-state index contributed by atoms with van der Waals surface area (Å²) < 4.78 is 28.8. The summed E-state index contributed by atoms with van der Waals surface area (Å²) in [5.41, 5.74) is 3.78. The Hall–Kier alpha value is -2.83. The van der Waals surface area contributed by atoms with Crippen LogP contribution in [0.1, 0.15) is 17.5 Å². The number of carbonyl (C=O) groups excluding carboxylic acids is 1. The normalized spacial score (nSPS) is 12.9. The predicted molar refractivity (Wildman–Crippen MR) is 92.2 cm³/mol. The molecule has 3 N–H and O–H groups in total. The number of carbonyl (C=O) groups is 1. The van der Waals surface area contributed by atoms with Gasteiger partial charge in [0.25, 0.3) is 0 Å². The molecular weight excluding hydrogens is 328 g/mol. The highest BCUT2D eigenvalue weighted by atomic mass is 19.3. The molecular formula is C18H19F2N3O2. The molecule has 0 aliphatic carbocycles. The van der Waals surface area contributed by atoms with Crippen LogP contribution in [0.25, 0.3) is 0 Å². The fourth-order valence-electron chi connectivity index (χ4n) is 2.85. The fourth-order valence-corrected chi connectivity index (χ4v) is 2.85. The summed E-state index contributed by atoms with van der Waals surface area (Å²) >= 11 is 0. The second kappa shape index (κ2) is 7.83. The summed E-state index contributed by atoms with van der Waals surface area (Å²) in [5, 5.41) is 8.76. The summed E-state index contributed by atoms with van der Waals surface area (Å²) in [5.74, 6) is -0.00370. The van der Waals surface area contributed by atoms with E-state index in [-0.39, 0.29) is 5.75 Å². The quantitative estimate of drug-likeness (QED) is 0.767. The van der Waals surface area contributed by atoms with E-state index in [0.29, 0.717) is 12.2 Å². The SMILES string of the molecule is O=C(NCc1cccc2c1CCCN2)Nc1cccc(OC(F)F)c1. The third-order valence-corrected chi connectivity index (χ3v) is 3.95. The number of benzene rings is 2. The van der Waals surface area contributed by atoms with Gasteiger partial charge in [-0.2, -0.15) is 8.78 Å². The van der Waals surface area contributed by atoms with Crippen molar-refractivity contribution in [3.63, 3.8) is 0 Å². The van der Waals surface area contributed by atoms with Crippen LogP contribution in [-0.2, 0) is 13.0 Å². The van der Waals surface area contributed by atoms with Crippen LogP contribution in [0.4, 0.5) is 25.0 Å². The first-order chi connectivity index (χ1) is 12.1. The van der Waals surface area contributed by atoms with Crippen molar-refractivity contribution in [1.82, 2.24) is 5.32 Å². The van der Waals surface area contributed by atoms with E-state index >= 15 is 0 Å². The summed E-state index contributed by atoms with van der Waals surface area (Å²) in [7, 11) is 0. The van der Waals surface area contributed by atoms with Gasteiger partial charge in [-0.3, -0.25) is 0 Å². The fraction of sp³-hybridized carbons (Fsp3) is 0.278. The van der Waals surface area contributed by atoms with Crippen LogP contribution in [-0.4, -0.2) is 19.2 Å². The average molecular weight is 347 g/mol. The van der Waals surface area contributed by atoms with Crippen molar-refractivity contribution >= 4 is 17.4 Å². The zero-order valence-corrected chi connectivity index (χ0v) is 13.5. The van der Waals surface area contributed by atoms with Crippen LogP contribution in [0.15, 0.2) is 42.5 Å². The van der Waals surface area contributed by atoms with Crippen LogP contribution >= 0.6 is 0 Å². The number of hydrogen-bond acceptors (Lipinski definition) is 3. The molecule has 0 bridgehead atoms. The zero-order valence-electron chi connectivity index (χ0n) is 13.5. The van der Waals surface area contributed by atoms with Crippen molar-refractivity contribution in [1.29, 1.82) is 0 Å². The van der Waals surface area contributed by atoms with Crippen LogP contribution in [0.2, 0.25) is 0 Å². The van der Waals surface area contributed by atoms with E-state index in [1.54, 1.807) is 6.07 Å². The van der Waals surface area contributed by atoms with Gasteiger partial charge in [0.05, 0.1) is 0 Å². The molecule has 3 rings (SSSR count). The molecule has 0 unspecified atom stereocenters. The Morgan fingerprint density at radius 1 is 1.24 bits per heavy atom. The molecule has 0 atom stereocenters. The van der Waals surface area contributed by atoms with Gasteiger partial charge in [-0.05, 0) is 42.2 Å². The minimum atomic E-state index is -2.90. The van der Waals surface area contributed by atoms with Crippen molar-refractivity contribution in [2.75, 3.05) is 17.2 Å². The molecule has 2 aromatic carbocycles. The van der Waals surface area contributed by atoms with Crippen molar-refractivity contribution in [3.05, 3.63) is 53.6 Å². The monoisotopic (exact) mass is 347 g/mol. The predicted octanol–water partition coefficient (Wildman–Crippen LogP) is 3.97. The smallest absolute Gasteiger partial charge is 0.387 e. The van der Waals surface area contributed by atoms with Gasteiger partial charge in [0, 0.05) is 30.5 Å². The van der Waals surface area contributed by atoms with Gasteiger partial charge in [0.2, 0.25) is 0 Å². The van der Waals surface area contributed by atoms with Gasteiger partial charge < -0.3 is 20.7 Å². The maximum Gasteiger partial charge on any atom is 0.387 e. The minimum absolute atomic E-state index is 0.00370. The third-order valence-electron chi connectivity index (χ3n) is 3.95. The van der Waals surface area contributed by atoms with Gasteiger partial charge in [0.1, 0.15) is 5.75 Å². The Kier molecular flexibility index (Phi) is 5.33. The molecule has 0 saturated heterocycles. The molecule has 132 valence electrons. The van der Waals surface area contributed by atoms with Gasteiger partial charge in [-0.1, -0.05) is 18.2 Å². The molecule has 0 spiro atoms. The summed E-state index contributed by atoms with van der Waals surface area (Å²) in [4.78, 5) is 12.1. The van der Waals surface area contributed by atoms with Gasteiger partial charge >= 0.3 is 12.6 Å². The lowest BCUT2D eigenvalue weighted by atomic mass is 9.97. The van der Waals surface area contributed by atoms with E-state index in [9.17, 15) is 13.6 Å². The second-order valence-corrected chi connectivity index (χ2v) is 5.69. The number of halogens is 2. The zero-order chi connectivity index (χ0) is 17.6. The lowest BCUT2D eigenvalue weighted by molar-refractivity contribution is -0.0497. The standard InChI is InChI=1S/C18H19F2N3O2/c19-17(20)25-14-6-2-5-13(10-14)23-18(24)22-11-12-4-1-8-16-15(12)7-3-9-21-16/h1-2,4-6,8,10,17,21H,3,7,9,11H2,(H2,22,23,24). The first kappa shape index (κ1) is 17.0. The largest absolute Gasteiger partial charge is 0.435 e. The number of ether oxygens (including phenoxy) is 1. The first-order valence-corrected chi connectivity index (χ1v) is 8.06. The van der Waals surface area contributed by atoms with Crippen molar-refractivity contribution in [3.8, 4) is 5.75 Å². The number of rotatable bonds is 5. The number of fused-ring (bicyclic) bond motifs is 1. The average Bonchev–Trinajstić information content (AvgIpc) is 2.59. The van der Waals surface area contributed by atoms with Crippen molar-refractivity contribution in [2.24, 2.45) is 0 Å².